The third kappa shape index (κ3) is 7.51. The summed E-state index contributed by atoms with van der Waals surface area (Å²) in [5.74, 6) is 1.35. The van der Waals surface area contributed by atoms with E-state index in [1.165, 1.54) is 6.07 Å². The molecule has 0 N–H and O–H groups in total. The van der Waals surface area contributed by atoms with Crippen LogP contribution in [-0.2, 0) is 22.3 Å². The number of fused-ring (bicyclic) bond motifs is 1. The highest BCUT2D eigenvalue weighted by molar-refractivity contribution is 5.85. The first-order valence-electron chi connectivity index (χ1n) is 12.8. The maximum absolute atomic E-state index is 14.0. The molecule has 0 saturated carbocycles. The highest BCUT2D eigenvalue weighted by Crippen LogP contribution is 2.48. The second kappa shape index (κ2) is 13.9. The van der Waals surface area contributed by atoms with Gasteiger partial charge in [-0.05, 0) is 80.1 Å². The van der Waals surface area contributed by atoms with E-state index in [9.17, 15) is 9.18 Å². The Balaban J connectivity index is 0.00000481. The summed E-state index contributed by atoms with van der Waals surface area (Å²) in [6.45, 7) is 7.87. The van der Waals surface area contributed by atoms with E-state index in [0.29, 0.717) is 25.0 Å². The van der Waals surface area contributed by atoms with Crippen LogP contribution >= 0.6 is 12.4 Å². The first kappa shape index (κ1) is 30.7. The van der Waals surface area contributed by atoms with Crippen LogP contribution in [0.2, 0.25) is 0 Å². The Morgan fingerprint density at radius 1 is 1.11 bits per heavy atom. The number of methoxy groups -OCH3 is 2. The van der Waals surface area contributed by atoms with Crippen LogP contribution in [0, 0.1) is 11.7 Å². The molecule has 3 rings (SSSR count). The van der Waals surface area contributed by atoms with E-state index < -0.39 is 11.8 Å². The van der Waals surface area contributed by atoms with E-state index >= 15 is 0 Å². The molecule has 0 heterocycles. The SMILES string of the molecule is CCOC(=O)O[C@]1(CCN(C)CCc2ccc(OC)c(OC)c2)CCc2cc(F)ccc2[C@@H]1C(C)C.Cl. The fourth-order valence-corrected chi connectivity index (χ4v) is 5.45. The molecular weight excluding hydrogens is 497 g/mol. The van der Waals surface area contributed by atoms with Gasteiger partial charge in [0, 0.05) is 25.4 Å². The minimum Gasteiger partial charge on any atom is -0.493 e. The molecular formula is C29H41ClFNO5. The minimum atomic E-state index is -0.719. The summed E-state index contributed by atoms with van der Waals surface area (Å²) < 4.78 is 36.1. The van der Waals surface area contributed by atoms with Gasteiger partial charge >= 0.3 is 6.16 Å². The monoisotopic (exact) mass is 537 g/mol. The predicted molar refractivity (Wildman–Crippen MR) is 146 cm³/mol. The van der Waals surface area contributed by atoms with Crippen molar-refractivity contribution >= 4 is 18.6 Å². The zero-order chi connectivity index (χ0) is 26.3. The number of benzene rings is 2. The first-order chi connectivity index (χ1) is 17.2. The number of nitrogens with zero attached hydrogens (tertiary/aromatic N) is 1. The van der Waals surface area contributed by atoms with E-state index in [1.54, 1.807) is 27.2 Å². The molecule has 0 aliphatic heterocycles. The highest BCUT2D eigenvalue weighted by atomic mass is 35.5. The average molecular weight is 538 g/mol. The topological polar surface area (TPSA) is 57.2 Å². The summed E-state index contributed by atoms with van der Waals surface area (Å²) >= 11 is 0. The third-order valence-electron chi connectivity index (χ3n) is 7.19. The maximum atomic E-state index is 14.0. The molecule has 1 aliphatic rings. The van der Waals surface area contributed by atoms with Crippen molar-refractivity contribution in [1.82, 2.24) is 4.90 Å². The molecule has 0 radical (unpaired) electrons. The molecule has 0 unspecified atom stereocenters. The van der Waals surface area contributed by atoms with Crippen molar-refractivity contribution in [2.24, 2.45) is 5.92 Å². The predicted octanol–water partition coefficient (Wildman–Crippen LogP) is 6.43. The number of carbonyl (C=O) groups is 1. The van der Waals surface area contributed by atoms with E-state index in [2.05, 4.69) is 25.8 Å². The zero-order valence-electron chi connectivity index (χ0n) is 22.8. The Labute approximate surface area is 226 Å². The summed E-state index contributed by atoms with van der Waals surface area (Å²) in [4.78, 5) is 14.8. The number of hydrogen-bond acceptors (Lipinski definition) is 6. The van der Waals surface area contributed by atoms with Gasteiger partial charge in [-0.1, -0.05) is 26.0 Å². The number of halogens is 2. The molecule has 2 aromatic rings. The van der Waals surface area contributed by atoms with E-state index in [4.69, 9.17) is 18.9 Å². The van der Waals surface area contributed by atoms with Gasteiger partial charge in [0.15, 0.2) is 11.5 Å². The van der Waals surface area contributed by atoms with Gasteiger partial charge < -0.3 is 23.8 Å². The maximum Gasteiger partial charge on any atom is 0.508 e. The van der Waals surface area contributed by atoms with Crippen LogP contribution < -0.4 is 9.47 Å². The number of likely N-dealkylation sites (N-methyl/N-ethyl adjacent to an activating group) is 1. The lowest BCUT2D eigenvalue weighted by Gasteiger charge is -2.46. The van der Waals surface area contributed by atoms with Gasteiger partial charge in [-0.2, -0.15) is 0 Å². The van der Waals surface area contributed by atoms with Crippen molar-refractivity contribution in [3.63, 3.8) is 0 Å². The Morgan fingerprint density at radius 3 is 2.49 bits per heavy atom. The number of ether oxygens (including phenoxy) is 4. The second-order valence-electron chi connectivity index (χ2n) is 9.91. The lowest BCUT2D eigenvalue weighted by Crippen LogP contribution is -2.48. The standard InChI is InChI=1S/C29H40FNO5.ClH/c1-7-35-28(32)36-29(14-12-22-19-23(30)9-10-24(22)27(29)20(2)3)15-17-31(4)16-13-21-8-11-25(33-5)26(18-21)34-6;/h8-11,18-20,27H,7,12-17H2,1-6H3;1H/t27-,29-;/m0./s1. The average Bonchev–Trinajstić information content (AvgIpc) is 2.85. The van der Waals surface area contributed by atoms with Crippen LogP contribution in [0.4, 0.5) is 9.18 Å². The third-order valence-corrected chi connectivity index (χ3v) is 7.19. The fourth-order valence-electron chi connectivity index (χ4n) is 5.45. The van der Waals surface area contributed by atoms with E-state index in [0.717, 1.165) is 42.0 Å². The van der Waals surface area contributed by atoms with Crippen LogP contribution in [0.1, 0.15) is 56.2 Å². The zero-order valence-corrected chi connectivity index (χ0v) is 23.7. The molecule has 2 atom stereocenters. The molecule has 0 fully saturated rings. The van der Waals surface area contributed by atoms with Gasteiger partial charge in [0.2, 0.25) is 0 Å². The summed E-state index contributed by atoms with van der Waals surface area (Å²) in [6.07, 6.45) is 2.16. The van der Waals surface area contributed by atoms with Crippen molar-refractivity contribution in [3.05, 3.63) is 58.9 Å². The Kier molecular flexibility index (Phi) is 11.5. The summed E-state index contributed by atoms with van der Waals surface area (Å²) in [7, 11) is 5.35. The number of aryl methyl sites for hydroxylation is 1. The molecule has 2 aromatic carbocycles. The first-order valence-corrected chi connectivity index (χ1v) is 12.8. The lowest BCUT2D eigenvalue weighted by atomic mass is 9.65. The smallest absolute Gasteiger partial charge is 0.493 e. The normalized spacial score (nSPS) is 18.7. The molecule has 0 bridgehead atoms. The van der Waals surface area contributed by atoms with Crippen LogP contribution in [0.5, 0.6) is 11.5 Å². The Morgan fingerprint density at radius 2 is 1.84 bits per heavy atom. The minimum absolute atomic E-state index is 0. The molecule has 8 heteroatoms. The molecule has 37 heavy (non-hydrogen) atoms. The summed E-state index contributed by atoms with van der Waals surface area (Å²) in [6, 6.07) is 11.0. The Bertz CT molecular complexity index is 1030. The highest BCUT2D eigenvalue weighted by Gasteiger charge is 2.48. The van der Waals surface area contributed by atoms with Gasteiger partial charge in [-0.25, -0.2) is 9.18 Å². The van der Waals surface area contributed by atoms with Crippen LogP contribution in [0.15, 0.2) is 36.4 Å². The van der Waals surface area contributed by atoms with Crippen LogP contribution in [-0.4, -0.2) is 57.6 Å². The molecule has 0 saturated heterocycles. The summed E-state index contributed by atoms with van der Waals surface area (Å²) in [5, 5.41) is 0. The van der Waals surface area contributed by atoms with E-state index in [1.807, 2.05) is 24.3 Å². The molecule has 6 nitrogen and oxygen atoms in total. The quantitative estimate of drug-likeness (QED) is 0.308. The Hall–Kier alpha value is -2.51. The van der Waals surface area contributed by atoms with Crippen LogP contribution in [0.25, 0.3) is 0 Å². The number of carbonyl (C=O) groups excluding carboxylic acids is 1. The molecule has 1 aliphatic carbocycles. The summed E-state index contributed by atoms with van der Waals surface area (Å²) in [5.41, 5.74) is 2.50. The molecule has 0 spiro atoms. The van der Waals surface area contributed by atoms with Gasteiger partial charge in [0.1, 0.15) is 11.4 Å². The van der Waals surface area contributed by atoms with Crippen molar-refractivity contribution < 1.29 is 28.1 Å². The molecule has 0 amide bonds. The number of hydrogen-bond donors (Lipinski definition) is 0. The van der Waals surface area contributed by atoms with Crippen molar-refractivity contribution in [2.75, 3.05) is 41.0 Å². The van der Waals surface area contributed by atoms with Gasteiger partial charge in [0.05, 0.1) is 20.8 Å². The molecule has 0 aromatic heterocycles. The number of rotatable bonds is 11. The van der Waals surface area contributed by atoms with E-state index in [-0.39, 0.29) is 36.7 Å². The lowest BCUT2D eigenvalue weighted by molar-refractivity contribution is -0.0743. The van der Waals surface area contributed by atoms with Gasteiger partial charge in [0.25, 0.3) is 0 Å². The second-order valence-corrected chi connectivity index (χ2v) is 9.91. The van der Waals surface area contributed by atoms with Gasteiger partial charge in [-0.15, -0.1) is 12.4 Å². The van der Waals surface area contributed by atoms with Crippen molar-refractivity contribution in [1.29, 1.82) is 0 Å². The fraction of sp³-hybridized carbons (Fsp3) is 0.552. The molecule has 206 valence electrons. The van der Waals surface area contributed by atoms with Crippen molar-refractivity contribution in [3.8, 4) is 11.5 Å². The van der Waals surface area contributed by atoms with Crippen LogP contribution in [0.3, 0.4) is 0 Å². The largest absolute Gasteiger partial charge is 0.508 e. The van der Waals surface area contributed by atoms with Crippen molar-refractivity contribution in [2.45, 2.75) is 58.0 Å². The van der Waals surface area contributed by atoms with Gasteiger partial charge in [-0.3, -0.25) is 0 Å².